The molecule has 0 heterocycles. The van der Waals surface area contributed by atoms with Crippen molar-refractivity contribution < 1.29 is 9.59 Å². The van der Waals surface area contributed by atoms with Crippen LogP contribution < -0.4 is 5.32 Å². The third kappa shape index (κ3) is 5.69. The maximum atomic E-state index is 11.2. The number of amides is 1. The highest BCUT2D eigenvalue weighted by Gasteiger charge is 2.12. The topological polar surface area (TPSA) is 46.2 Å². The lowest BCUT2D eigenvalue weighted by molar-refractivity contribution is -0.127. The van der Waals surface area contributed by atoms with Crippen molar-refractivity contribution in [3.8, 4) is 0 Å². The van der Waals surface area contributed by atoms with E-state index >= 15 is 0 Å². The maximum Gasteiger partial charge on any atom is 0.221 e. The van der Waals surface area contributed by atoms with Crippen molar-refractivity contribution in [1.82, 2.24) is 5.32 Å². The van der Waals surface area contributed by atoms with Crippen LogP contribution >= 0.6 is 11.8 Å². The number of hydrogen-bond donors (Lipinski definition) is 1. The standard InChI is InChI=1S/C9H17NO2S/c1-4-8(11)7(2)10-9(12)5-6-13-3/h7H,4-6H2,1-3H3,(H,10,12). The summed E-state index contributed by atoms with van der Waals surface area (Å²) in [7, 11) is 0. The summed E-state index contributed by atoms with van der Waals surface area (Å²) in [6, 6.07) is -0.334. The van der Waals surface area contributed by atoms with Gasteiger partial charge in [-0.05, 0) is 13.2 Å². The number of Topliss-reactive ketones (excluding diaryl/α,β-unsaturated/α-hetero) is 1. The zero-order valence-corrected chi connectivity index (χ0v) is 9.24. The van der Waals surface area contributed by atoms with Crippen LogP contribution in [-0.4, -0.2) is 29.7 Å². The van der Waals surface area contributed by atoms with Gasteiger partial charge in [0.25, 0.3) is 0 Å². The lowest BCUT2D eigenvalue weighted by atomic mass is 10.1. The van der Waals surface area contributed by atoms with Gasteiger partial charge in [0.15, 0.2) is 5.78 Å². The number of carbonyl (C=O) groups excluding carboxylic acids is 2. The zero-order valence-electron chi connectivity index (χ0n) is 8.42. The maximum absolute atomic E-state index is 11.2. The molecular formula is C9H17NO2S. The van der Waals surface area contributed by atoms with Crippen LogP contribution in [0.25, 0.3) is 0 Å². The van der Waals surface area contributed by atoms with E-state index < -0.39 is 0 Å². The molecule has 0 aliphatic rings. The first-order valence-electron chi connectivity index (χ1n) is 4.42. The molecule has 0 saturated heterocycles. The van der Waals surface area contributed by atoms with Crippen molar-refractivity contribution in [1.29, 1.82) is 0 Å². The van der Waals surface area contributed by atoms with Crippen LogP contribution in [0.2, 0.25) is 0 Å². The van der Waals surface area contributed by atoms with E-state index in [-0.39, 0.29) is 17.7 Å². The molecule has 0 radical (unpaired) electrons. The monoisotopic (exact) mass is 203 g/mol. The summed E-state index contributed by atoms with van der Waals surface area (Å²) in [5, 5.41) is 2.66. The van der Waals surface area contributed by atoms with Crippen LogP contribution in [0, 0.1) is 0 Å². The Bertz CT molecular complexity index is 182. The number of nitrogens with one attached hydrogen (secondary N) is 1. The first-order valence-corrected chi connectivity index (χ1v) is 5.82. The Hall–Kier alpha value is -0.510. The molecule has 0 aromatic carbocycles. The van der Waals surface area contributed by atoms with E-state index in [2.05, 4.69) is 5.32 Å². The Morgan fingerprint density at radius 1 is 1.46 bits per heavy atom. The van der Waals surface area contributed by atoms with E-state index in [1.165, 1.54) is 0 Å². The van der Waals surface area contributed by atoms with Gasteiger partial charge in [-0.15, -0.1) is 0 Å². The molecule has 0 aliphatic carbocycles. The zero-order chi connectivity index (χ0) is 10.3. The molecule has 3 nitrogen and oxygen atoms in total. The minimum absolute atomic E-state index is 0.0383. The molecule has 0 spiro atoms. The molecule has 0 aromatic heterocycles. The summed E-state index contributed by atoms with van der Waals surface area (Å²) in [5.41, 5.74) is 0. The van der Waals surface area contributed by atoms with Gasteiger partial charge in [-0.1, -0.05) is 6.92 Å². The summed E-state index contributed by atoms with van der Waals surface area (Å²) in [6.07, 6.45) is 2.92. The third-order valence-electron chi connectivity index (χ3n) is 1.74. The molecule has 0 rings (SSSR count). The Morgan fingerprint density at radius 3 is 2.54 bits per heavy atom. The van der Waals surface area contributed by atoms with E-state index in [1.807, 2.05) is 6.26 Å². The molecule has 13 heavy (non-hydrogen) atoms. The van der Waals surface area contributed by atoms with Gasteiger partial charge >= 0.3 is 0 Å². The molecule has 1 amide bonds. The highest BCUT2D eigenvalue weighted by Crippen LogP contribution is 1.96. The van der Waals surface area contributed by atoms with Crippen LogP contribution in [0.1, 0.15) is 26.7 Å². The fraction of sp³-hybridized carbons (Fsp3) is 0.778. The van der Waals surface area contributed by atoms with E-state index in [9.17, 15) is 9.59 Å². The van der Waals surface area contributed by atoms with Gasteiger partial charge in [0.2, 0.25) is 5.91 Å². The summed E-state index contributed by atoms with van der Waals surface area (Å²) >= 11 is 1.63. The Morgan fingerprint density at radius 2 is 2.08 bits per heavy atom. The van der Waals surface area contributed by atoms with Gasteiger partial charge in [0.1, 0.15) is 0 Å². The van der Waals surface area contributed by atoms with E-state index in [1.54, 1.807) is 25.6 Å². The molecule has 0 fully saturated rings. The first kappa shape index (κ1) is 12.5. The highest BCUT2D eigenvalue weighted by molar-refractivity contribution is 7.98. The second kappa shape index (κ2) is 6.95. The van der Waals surface area contributed by atoms with Gasteiger partial charge in [-0.3, -0.25) is 9.59 Å². The molecule has 0 bridgehead atoms. The molecule has 4 heteroatoms. The molecule has 0 saturated carbocycles. The smallest absolute Gasteiger partial charge is 0.221 e. The largest absolute Gasteiger partial charge is 0.347 e. The van der Waals surface area contributed by atoms with Crippen molar-refractivity contribution in [3.63, 3.8) is 0 Å². The first-order chi connectivity index (χ1) is 6.11. The van der Waals surface area contributed by atoms with Crippen LogP contribution in [0.15, 0.2) is 0 Å². The second-order valence-corrected chi connectivity index (χ2v) is 3.84. The number of ketones is 1. The predicted molar refractivity (Wildman–Crippen MR) is 55.9 cm³/mol. The van der Waals surface area contributed by atoms with Crippen molar-refractivity contribution in [2.24, 2.45) is 0 Å². The molecular weight excluding hydrogens is 186 g/mol. The second-order valence-electron chi connectivity index (χ2n) is 2.85. The van der Waals surface area contributed by atoms with Gasteiger partial charge < -0.3 is 5.32 Å². The minimum atomic E-state index is -0.334. The van der Waals surface area contributed by atoms with Crippen LogP contribution in [0.4, 0.5) is 0 Å². The lowest BCUT2D eigenvalue weighted by Gasteiger charge is -2.11. The van der Waals surface area contributed by atoms with Gasteiger partial charge in [-0.25, -0.2) is 0 Å². The van der Waals surface area contributed by atoms with E-state index in [0.29, 0.717) is 12.8 Å². The summed E-state index contributed by atoms with van der Waals surface area (Å²) in [6.45, 7) is 3.52. The molecule has 1 unspecified atom stereocenters. The Balaban J connectivity index is 3.71. The predicted octanol–water partition coefficient (Wildman–Crippen LogP) is 1.22. The average Bonchev–Trinajstić information content (AvgIpc) is 2.13. The number of thioether (sulfide) groups is 1. The summed E-state index contributed by atoms with van der Waals surface area (Å²) < 4.78 is 0. The highest BCUT2D eigenvalue weighted by atomic mass is 32.2. The van der Waals surface area contributed by atoms with Crippen molar-refractivity contribution in [2.75, 3.05) is 12.0 Å². The van der Waals surface area contributed by atoms with Crippen LogP contribution in [0.3, 0.4) is 0 Å². The molecule has 1 atom stereocenters. The summed E-state index contributed by atoms with van der Waals surface area (Å²) in [4.78, 5) is 22.3. The van der Waals surface area contributed by atoms with Crippen molar-refractivity contribution in [2.45, 2.75) is 32.7 Å². The molecule has 1 N–H and O–H groups in total. The van der Waals surface area contributed by atoms with Gasteiger partial charge in [0, 0.05) is 18.6 Å². The Labute approximate surface area is 83.7 Å². The normalized spacial score (nSPS) is 12.2. The van der Waals surface area contributed by atoms with Crippen molar-refractivity contribution in [3.05, 3.63) is 0 Å². The van der Waals surface area contributed by atoms with Gasteiger partial charge in [0.05, 0.1) is 6.04 Å². The lowest BCUT2D eigenvalue weighted by Crippen LogP contribution is -2.38. The number of rotatable bonds is 6. The number of hydrogen-bond acceptors (Lipinski definition) is 3. The van der Waals surface area contributed by atoms with Crippen LogP contribution in [0.5, 0.6) is 0 Å². The van der Waals surface area contributed by atoms with E-state index in [4.69, 9.17) is 0 Å². The molecule has 0 aliphatic heterocycles. The Kier molecular flexibility index (Phi) is 6.68. The molecule has 0 aromatic rings. The summed E-state index contributed by atoms with van der Waals surface area (Å²) in [5.74, 6) is 0.847. The SMILES string of the molecule is CCC(=O)C(C)NC(=O)CCSC. The average molecular weight is 203 g/mol. The fourth-order valence-electron chi connectivity index (χ4n) is 0.895. The fourth-order valence-corrected chi connectivity index (χ4v) is 1.28. The van der Waals surface area contributed by atoms with Crippen molar-refractivity contribution >= 4 is 23.5 Å². The quantitative estimate of drug-likeness (QED) is 0.706. The van der Waals surface area contributed by atoms with E-state index in [0.717, 1.165) is 5.75 Å². The third-order valence-corrected chi connectivity index (χ3v) is 2.35. The van der Waals surface area contributed by atoms with Gasteiger partial charge in [-0.2, -0.15) is 11.8 Å². The minimum Gasteiger partial charge on any atom is -0.347 e. The molecule has 76 valence electrons. The van der Waals surface area contributed by atoms with Crippen LogP contribution in [-0.2, 0) is 9.59 Å². The number of carbonyl (C=O) groups is 2.